The molecule has 9 heteroatoms. The molecule has 0 N–H and O–H groups in total. The van der Waals surface area contributed by atoms with E-state index in [1.165, 1.54) is 16.0 Å². The average Bonchev–Trinajstić information content (AvgIpc) is 2.89. The van der Waals surface area contributed by atoms with Crippen molar-refractivity contribution in [3.63, 3.8) is 0 Å². The van der Waals surface area contributed by atoms with Crippen LogP contribution in [0.2, 0.25) is 0 Å². The predicted octanol–water partition coefficient (Wildman–Crippen LogP) is 7.62. The highest BCUT2D eigenvalue weighted by Crippen LogP contribution is 2.34. The lowest BCUT2D eigenvalue weighted by atomic mass is 10.1. The zero-order valence-corrected chi connectivity index (χ0v) is 22.3. The lowest BCUT2D eigenvalue weighted by Gasteiger charge is -2.25. The lowest BCUT2D eigenvalue weighted by Crippen LogP contribution is -2.21. The molecule has 0 saturated carbocycles. The number of rotatable bonds is 6. The third-order valence-corrected chi connectivity index (χ3v) is 7.02. The molecule has 0 spiro atoms. The van der Waals surface area contributed by atoms with Gasteiger partial charge in [0, 0.05) is 34.0 Å². The largest absolute Gasteiger partial charge is 0.741 e. The smallest absolute Gasteiger partial charge is 0.485 e. The van der Waals surface area contributed by atoms with E-state index in [0.717, 1.165) is 17.1 Å². The number of anilines is 3. The second-order valence-corrected chi connectivity index (χ2v) is 11.7. The van der Waals surface area contributed by atoms with Gasteiger partial charge in [-0.1, -0.05) is 72.8 Å². The van der Waals surface area contributed by atoms with Crippen molar-refractivity contribution in [2.24, 2.45) is 0 Å². The fourth-order valence-electron chi connectivity index (χ4n) is 3.40. The SMILES string of the molecule is C[S+](C)c1cccc(/C=C/c2ccc(N(c3ccccc3)c3ccccc3)cc2)c1.O=S(=O)([O-])C(F)(F)F. The maximum absolute atomic E-state index is 10.7. The van der Waals surface area contributed by atoms with Crippen LogP contribution in [-0.2, 0) is 21.0 Å². The second kappa shape index (κ2) is 12.8. The number of hydrogen-bond acceptors (Lipinski definition) is 4. The van der Waals surface area contributed by atoms with Crippen LogP contribution in [0.3, 0.4) is 0 Å². The van der Waals surface area contributed by atoms with Crippen molar-refractivity contribution in [1.29, 1.82) is 0 Å². The summed E-state index contributed by atoms with van der Waals surface area (Å²) >= 11 is 0. The zero-order valence-electron chi connectivity index (χ0n) is 20.7. The molecule has 4 aromatic carbocycles. The number of alkyl halides is 3. The molecule has 0 atom stereocenters. The minimum Gasteiger partial charge on any atom is -0.741 e. The van der Waals surface area contributed by atoms with Gasteiger partial charge in [0.15, 0.2) is 15.0 Å². The normalized spacial score (nSPS) is 11.8. The van der Waals surface area contributed by atoms with Gasteiger partial charge in [-0.3, -0.25) is 0 Å². The molecule has 38 heavy (non-hydrogen) atoms. The molecule has 0 unspecified atom stereocenters. The summed E-state index contributed by atoms with van der Waals surface area (Å²) in [6, 6.07) is 38.5. The highest BCUT2D eigenvalue weighted by atomic mass is 32.2. The first-order valence-corrected chi connectivity index (χ1v) is 14.8. The fourth-order valence-corrected chi connectivity index (χ4v) is 4.12. The molecule has 0 aliphatic carbocycles. The van der Waals surface area contributed by atoms with Crippen LogP contribution in [-0.4, -0.2) is 31.0 Å². The molecule has 0 bridgehead atoms. The van der Waals surface area contributed by atoms with Gasteiger partial charge in [0.25, 0.3) is 0 Å². The molecule has 0 aromatic heterocycles. The van der Waals surface area contributed by atoms with Crippen molar-refractivity contribution in [1.82, 2.24) is 0 Å². The molecule has 4 rings (SSSR count). The summed E-state index contributed by atoms with van der Waals surface area (Å²) in [5, 5.41) is 0. The number of halogens is 3. The van der Waals surface area contributed by atoms with Gasteiger partial charge in [0.05, 0.1) is 0 Å². The van der Waals surface area contributed by atoms with Crippen molar-refractivity contribution >= 4 is 50.2 Å². The van der Waals surface area contributed by atoms with Crippen molar-refractivity contribution < 1.29 is 26.1 Å². The monoisotopic (exact) mass is 557 g/mol. The first-order valence-electron chi connectivity index (χ1n) is 11.3. The van der Waals surface area contributed by atoms with E-state index in [1.807, 2.05) is 0 Å². The molecule has 0 aliphatic rings. The van der Waals surface area contributed by atoms with Crippen molar-refractivity contribution in [3.05, 3.63) is 120 Å². The van der Waals surface area contributed by atoms with Crippen molar-refractivity contribution in [2.45, 2.75) is 10.4 Å². The standard InChI is InChI=1S/C28H26NS.CHF3O3S/c1-30(2)28-15-9-10-24(22-28)17-16-23-18-20-27(21-19-23)29(25-11-5-3-6-12-25)26-13-7-4-8-14-26;2-1(3,4)8(5,6)7/h3-22H,1-2H3;(H,5,6,7)/q+1;/p-1/b17-16+;. The minimum atomic E-state index is -6.09. The van der Waals surface area contributed by atoms with E-state index in [-0.39, 0.29) is 10.9 Å². The van der Waals surface area contributed by atoms with Gasteiger partial charge in [-0.05, 0) is 53.6 Å². The Labute approximate surface area is 224 Å². The Balaban J connectivity index is 0.000000436. The van der Waals surface area contributed by atoms with Crippen molar-refractivity contribution in [2.75, 3.05) is 17.4 Å². The molecular weight excluding hydrogens is 531 g/mol. The van der Waals surface area contributed by atoms with Crippen LogP contribution in [0, 0.1) is 0 Å². The summed E-state index contributed by atoms with van der Waals surface area (Å²) in [4.78, 5) is 3.68. The van der Waals surface area contributed by atoms with Crippen LogP contribution in [0.25, 0.3) is 12.2 Å². The Morgan fingerprint density at radius 1 is 0.684 bits per heavy atom. The molecule has 0 radical (unpaired) electrons. The van der Waals surface area contributed by atoms with Gasteiger partial charge >= 0.3 is 5.51 Å². The first-order chi connectivity index (χ1) is 18.0. The van der Waals surface area contributed by atoms with E-state index in [4.69, 9.17) is 13.0 Å². The molecule has 4 aromatic rings. The third-order valence-electron chi connectivity index (χ3n) is 5.26. The number of hydrogen-bond donors (Lipinski definition) is 0. The molecule has 0 amide bonds. The van der Waals surface area contributed by atoms with Crippen LogP contribution in [0.15, 0.2) is 114 Å². The Hall–Kier alpha value is -3.53. The number of para-hydroxylation sites is 2. The minimum absolute atomic E-state index is 0.278. The number of nitrogens with zero attached hydrogens (tertiary/aromatic N) is 1. The molecule has 4 nitrogen and oxygen atoms in total. The van der Waals surface area contributed by atoms with Crippen LogP contribution in [0.5, 0.6) is 0 Å². The van der Waals surface area contributed by atoms with Crippen LogP contribution < -0.4 is 4.90 Å². The van der Waals surface area contributed by atoms with Crippen LogP contribution in [0.4, 0.5) is 30.2 Å². The van der Waals surface area contributed by atoms with Crippen molar-refractivity contribution in [3.8, 4) is 0 Å². The summed E-state index contributed by atoms with van der Waals surface area (Å²) in [6.45, 7) is 0. The Morgan fingerprint density at radius 3 is 1.58 bits per heavy atom. The van der Waals surface area contributed by atoms with Gasteiger partial charge in [0.2, 0.25) is 0 Å². The first kappa shape index (κ1) is 29.0. The van der Waals surface area contributed by atoms with Gasteiger partial charge in [-0.15, -0.1) is 0 Å². The molecule has 0 fully saturated rings. The summed E-state index contributed by atoms with van der Waals surface area (Å²) in [7, 11) is -5.81. The molecular formula is C29H26F3NO3S2. The predicted molar refractivity (Wildman–Crippen MR) is 150 cm³/mol. The molecule has 0 aliphatic heterocycles. The van der Waals surface area contributed by atoms with E-state index in [1.54, 1.807) is 0 Å². The summed E-state index contributed by atoms with van der Waals surface area (Å²) in [5.41, 5.74) is 0.238. The maximum atomic E-state index is 10.7. The Kier molecular flexibility index (Phi) is 9.79. The second-order valence-electron chi connectivity index (χ2n) is 8.22. The highest BCUT2D eigenvalue weighted by molar-refractivity contribution is 7.95. The van der Waals surface area contributed by atoms with E-state index >= 15 is 0 Å². The van der Waals surface area contributed by atoms with E-state index < -0.39 is 15.6 Å². The van der Waals surface area contributed by atoms with Gasteiger partial charge in [-0.25, -0.2) is 8.42 Å². The summed E-state index contributed by atoms with van der Waals surface area (Å²) in [6.07, 6.45) is 8.89. The summed E-state index contributed by atoms with van der Waals surface area (Å²) < 4.78 is 58.9. The lowest BCUT2D eigenvalue weighted by molar-refractivity contribution is -0.0517. The topological polar surface area (TPSA) is 60.4 Å². The third kappa shape index (κ3) is 8.24. The quantitative estimate of drug-likeness (QED) is 0.106. The molecule has 198 valence electrons. The summed E-state index contributed by atoms with van der Waals surface area (Å²) in [5.74, 6) is 0. The van der Waals surface area contributed by atoms with Crippen LogP contribution >= 0.6 is 0 Å². The zero-order chi connectivity index (χ0) is 27.8. The Morgan fingerprint density at radius 2 is 1.13 bits per heavy atom. The highest BCUT2D eigenvalue weighted by Gasteiger charge is 2.36. The van der Waals surface area contributed by atoms with Crippen LogP contribution in [0.1, 0.15) is 11.1 Å². The van der Waals surface area contributed by atoms with E-state index in [2.05, 4.69) is 139 Å². The number of benzene rings is 4. The Bertz CT molecular complexity index is 1400. The molecule has 0 heterocycles. The van der Waals surface area contributed by atoms with Gasteiger partial charge in [-0.2, -0.15) is 13.2 Å². The van der Waals surface area contributed by atoms with E-state index in [0.29, 0.717) is 0 Å². The van der Waals surface area contributed by atoms with Gasteiger partial charge < -0.3 is 9.45 Å². The molecule has 0 saturated heterocycles. The van der Waals surface area contributed by atoms with E-state index in [9.17, 15) is 13.2 Å². The maximum Gasteiger partial charge on any atom is 0.485 e. The van der Waals surface area contributed by atoms with Gasteiger partial charge in [0.1, 0.15) is 12.5 Å². The fraction of sp³-hybridized carbons (Fsp3) is 0.103. The average molecular weight is 558 g/mol.